The Balaban J connectivity index is 0.000001000. The van der Waals surface area contributed by atoms with Gasteiger partial charge in [-0.25, -0.2) is 0 Å². The van der Waals surface area contributed by atoms with Gasteiger partial charge in [-0.15, -0.1) is 0 Å². The second kappa shape index (κ2) is 5.56. The van der Waals surface area contributed by atoms with Crippen molar-refractivity contribution in [3.63, 3.8) is 0 Å². The molecule has 11 heavy (non-hydrogen) atoms. The summed E-state index contributed by atoms with van der Waals surface area (Å²) >= 11 is 0. The number of nitrogens with zero attached hydrogens (tertiary/aromatic N) is 1. The Labute approximate surface area is 70.5 Å². The Bertz CT molecular complexity index is 91.6. The van der Waals surface area contributed by atoms with Gasteiger partial charge in [0.05, 0.1) is 0 Å². The SMILES string of the molecule is CCCN1CCCCC1C.N. The lowest BCUT2D eigenvalue weighted by Gasteiger charge is -2.32. The molecule has 1 atom stereocenters. The molecule has 1 fully saturated rings. The number of rotatable bonds is 2. The molecule has 0 aliphatic carbocycles. The minimum absolute atomic E-state index is 0. The van der Waals surface area contributed by atoms with E-state index in [0.717, 1.165) is 6.04 Å². The summed E-state index contributed by atoms with van der Waals surface area (Å²) in [5, 5.41) is 0. The normalized spacial score (nSPS) is 26.2. The smallest absolute Gasteiger partial charge is 0.00669 e. The Morgan fingerprint density at radius 2 is 2.09 bits per heavy atom. The van der Waals surface area contributed by atoms with Crippen molar-refractivity contribution in [2.75, 3.05) is 13.1 Å². The molecule has 3 N–H and O–H groups in total. The Kier molecular flexibility index (Phi) is 5.51. The molecule has 0 amide bonds. The predicted molar refractivity (Wildman–Crippen MR) is 50.2 cm³/mol. The molecule has 68 valence electrons. The first kappa shape index (κ1) is 10.9. The van der Waals surface area contributed by atoms with Crippen LogP contribution in [-0.2, 0) is 0 Å². The third-order valence-corrected chi connectivity index (χ3v) is 2.45. The van der Waals surface area contributed by atoms with E-state index in [0.29, 0.717) is 0 Å². The molecule has 0 aromatic carbocycles. The molecule has 1 rings (SSSR count). The molecule has 0 saturated carbocycles. The lowest BCUT2D eigenvalue weighted by molar-refractivity contribution is 0.161. The molecule has 0 bridgehead atoms. The molecule has 1 aliphatic rings. The van der Waals surface area contributed by atoms with E-state index in [4.69, 9.17) is 0 Å². The fourth-order valence-corrected chi connectivity index (χ4v) is 1.78. The molecule has 0 aromatic rings. The third-order valence-electron chi connectivity index (χ3n) is 2.45. The number of hydrogen-bond acceptors (Lipinski definition) is 2. The highest BCUT2D eigenvalue weighted by Crippen LogP contribution is 2.15. The van der Waals surface area contributed by atoms with Gasteiger partial charge in [-0.05, 0) is 39.3 Å². The maximum atomic E-state index is 2.61. The van der Waals surface area contributed by atoms with Gasteiger partial charge in [0.1, 0.15) is 0 Å². The van der Waals surface area contributed by atoms with Crippen LogP contribution in [0.2, 0.25) is 0 Å². The highest BCUT2D eigenvalue weighted by molar-refractivity contribution is 4.71. The zero-order valence-corrected chi connectivity index (χ0v) is 7.97. The summed E-state index contributed by atoms with van der Waals surface area (Å²) in [6.07, 6.45) is 5.59. The molecule has 1 aliphatic heterocycles. The van der Waals surface area contributed by atoms with E-state index < -0.39 is 0 Å². The van der Waals surface area contributed by atoms with Crippen LogP contribution in [0.1, 0.15) is 39.5 Å². The average molecular weight is 158 g/mol. The maximum Gasteiger partial charge on any atom is 0.00669 e. The van der Waals surface area contributed by atoms with E-state index in [1.807, 2.05) is 0 Å². The Morgan fingerprint density at radius 3 is 2.64 bits per heavy atom. The van der Waals surface area contributed by atoms with Gasteiger partial charge in [0.25, 0.3) is 0 Å². The van der Waals surface area contributed by atoms with Crippen molar-refractivity contribution in [2.24, 2.45) is 0 Å². The summed E-state index contributed by atoms with van der Waals surface area (Å²) in [6, 6.07) is 0.855. The largest absolute Gasteiger partial charge is 0.344 e. The van der Waals surface area contributed by atoms with Gasteiger partial charge < -0.3 is 11.1 Å². The average Bonchev–Trinajstić information content (AvgIpc) is 1.94. The lowest BCUT2D eigenvalue weighted by Crippen LogP contribution is -2.37. The molecule has 1 heterocycles. The zero-order chi connectivity index (χ0) is 7.40. The third kappa shape index (κ3) is 3.21. The quantitative estimate of drug-likeness (QED) is 0.670. The van der Waals surface area contributed by atoms with E-state index in [1.165, 1.54) is 38.8 Å². The van der Waals surface area contributed by atoms with E-state index in [9.17, 15) is 0 Å². The number of piperidine rings is 1. The standard InChI is InChI=1S/C9H19N.H3N/c1-3-7-10-8-5-4-6-9(10)2;/h9H,3-8H2,1-2H3;1H3. The predicted octanol–water partition coefficient (Wildman–Crippen LogP) is 2.43. The highest BCUT2D eigenvalue weighted by Gasteiger charge is 2.15. The number of hydrogen-bond donors (Lipinski definition) is 1. The minimum Gasteiger partial charge on any atom is -0.344 e. The Morgan fingerprint density at radius 1 is 1.36 bits per heavy atom. The van der Waals surface area contributed by atoms with Crippen LogP contribution in [0.4, 0.5) is 0 Å². The highest BCUT2D eigenvalue weighted by atomic mass is 15.1. The van der Waals surface area contributed by atoms with Gasteiger partial charge in [-0.3, -0.25) is 0 Å². The molecule has 1 unspecified atom stereocenters. The summed E-state index contributed by atoms with van der Waals surface area (Å²) in [4.78, 5) is 2.61. The summed E-state index contributed by atoms with van der Waals surface area (Å²) in [5.74, 6) is 0. The van der Waals surface area contributed by atoms with Crippen LogP contribution < -0.4 is 6.15 Å². The van der Waals surface area contributed by atoms with Crippen molar-refractivity contribution in [2.45, 2.75) is 45.6 Å². The van der Waals surface area contributed by atoms with Gasteiger partial charge in [-0.1, -0.05) is 13.3 Å². The molecule has 2 heteroatoms. The van der Waals surface area contributed by atoms with Crippen molar-refractivity contribution in [3.05, 3.63) is 0 Å². The first-order valence-electron chi connectivity index (χ1n) is 4.58. The van der Waals surface area contributed by atoms with Gasteiger partial charge in [-0.2, -0.15) is 0 Å². The van der Waals surface area contributed by atoms with Crippen molar-refractivity contribution < 1.29 is 0 Å². The molecule has 1 saturated heterocycles. The van der Waals surface area contributed by atoms with Gasteiger partial charge in [0.15, 0.2) is 0 Å². The van der Waals surface area contributed by atoms with Crippen LogP contribution in [0.3, 0.4) is 0 Å². The van der Waals surface area contributed by atoms with Crippen molar-refractivity contribution in [1.29, 1.82) is 0 Å². The zero-order valence-electron chi connectivity index (χ0n) is 7.97. The summed E-state index contributed by atoms with van der Waals surface area (Å²) in [5.41, 5.74) is 0. The van der Waals surface area contributed by atoms with Crippen LogP contribution in [0, 0.1) is 0 Å². The molecule has 2 nitrogen and oxygen atoms in total. The van der Waals surface area contributed by atoms with Crippen molar-refractivity contribution in [1.82, 2.24) is 11.1 Å². The Hall–Kier alpha value is -0.0800. The summed E-state index contributed by atoms with van der Waals surface area (Å²) < 4.78 is 0. The van der Waals surface area contributed by atoms with Crippen LogP contribution >= 0.6 is 0 Å². The first-order chi connectivity index (χ1) is 4.84. The lowest BCUT2D eigenvalue weighted by atomic mass is 10.0. The second-order valence-corrected chi connectivity index (χ2v) is 3.38. The first-order valence-corrected chi connectivity index (χ1v) is 4.58. The second-order valence-electron chi connectivity index (χ2n) is 3.38. The van der Waals surface area contributed by atoms with Gasteiger partial charge in [0, 0.05) is 6.04 Å². The van der Waals surface area contributed by atoms with E-state index in [-0.39, 0.29) is 6.15 Å². The van der Waals surface area contributed by atoms with Crippen LogP contribution in [-0.4, -0.2) is 24.0 Å². The van der Waals surface area contributed by atoms with Crippen molar-refractivity contribution >= 4 is 0 Å². The minimum atomic E-state index is 0. The molecule has 0 radical (unpaired) electrons. The number of likely N-dealkylation sites (tertiary alicyclic amines) is 1. The fourth-order valence-electron chi connectivity index (χ4n) is 1.78. The van der Waals surface area contributed by atoms with Gasteiger partial charge >= 0.3 is 0 Å². The van der Waals surface area contributed by atoms with Gasteiger partial charge in [0.2, 0.25) is 0 Å². The van der Waals surface area contributed by atoms with E-state index in [2.05, 4.69) is 18.7 Å². The molecular formula is C9H22N2. The fraction of sp³-hybridized carbons (Fsp3) is 1.00. The summed E-state index contributed by atoms with van der Waals surface area (Å²) in [7, 11) is 0. The molecule has 0 spiro atoms. The van der Waals surface area contributed by atoms with Crippen LogP contribution in [0.5, 0.6) is 0 Å². The molecule has 0 aromatic heterocycles. The monoisotopic (exact) mass is 158 g/mol. The summed E-state index contributed by atoms with van der Waals surface area (Å²) in [6.45, 7) is 7.27. The molecular weight excluding hydrogens is 136 g/mol. The van der Waals surface area contributed by atoms with Crippen LogP contribution in [0.15, 0.2) is 0 Å². The van der Waals surface area contributed by atoms with Crippen LogP contribution in [0.25, 0.3) is 0 Å². The topological polar surface area (TPSA) is 38.2 Å². The maximum absolute atomic E-state index is 2.61. The van der Waals surface area contributed by atoms with E-state index >= 15 is 0 Å². The van der Waals surface area contributed by atoms with E-state index in [1.54, 1.807) is 0 Å². The van der Waals surface area contributed by atoms with Crippen molar-refractivity contribution in [3.8, 4) is 0 Å².